The summed E-state index contributed by atoms with van der Waals surface area (Å²) >= 11 is 12.5. The van der Waals surface area contributed by atoms with Crippen LogP contribution in [0.3, 0.4) is 0 Å². The lowest BCUT2D eigenvalue weighted by Crippen LogP contribution is -2.31. The first-order valence-corrected chi connectivity index (χ1v) is 10.4. The summed E-state index contributed by atoms with van der Waals surface area (Å²) in [6.45, 7) is 1.60. The molecule has 0 saturated carbocycles. The topological polar surface area (TPSA) is 78.6 Å². The van der Waals surface area contributed by atoms with E-state index in [1.54, 1.807) is 0 Å². The summed E-state index contributed by atoms with van der Waals surface area (Å²) < 4.78 is 10.8. The average Bonchev–Trinajstić information content (AvgIpc) is 3.08. The van der Waals surface area contributed by atoms with Gasteiger partial charge in [-0.2, -0.15) is 0 Å². The number of nitrogens with two attached hydrogens (primary N) is 1. The molecule has 7 heteroatoms. The molecule has 0 heterocycles. The third kappa shape index (κ3) is 4.04. The third-order valence-electron chi connectivity index (χ3n) is 5.19. The summed E-state index contributed by atoms with van der Waals surface area (Å²) in [5.74, 6) is -1.48. The van der Waals surface area contributed by atoms with Gasteiger partial charge in [0.1, 0.15) is 18.2 Å². The normalized spacial score (nSPS) is 13.3. The summed E-state index contributed by atoms with van der Waals surface area (Å²) in [5.41, 5.74) is 9.90. The van der Waals surface area contributed by atoms with Crippen LogP contribution in [0.4, 0.5) is 0 Å². The van der Waals surface area contributed by atoms with Gasteiger partial charge >= 0.3 is 11.9 Å². The minimum absolute atomic E-state index is 0.00289. The third-order valence-corrected chi connectivity index (χ3v) is 5.88. The number of benzene rings is 3. The van der Waals surface area contributed by atoms with Crippen molar-refractivity contribution in [3.05, 3.63) is 87.4 Å². The summed E-state index contributed by atoms with van der Waals surface area (Å²) in [6.07, 6.45) is 0. The van der Waals surface area contributed by atoms with E-state index in [0.717, 1.165) is 22.3 Å². The Morgan fingerprint density at radius 3 is 2.13 bits per heavy atom. The van der Waals surface area contributed by atoms with Crippen LogP contribution in [0, 0.1) is 0 Å². The van der Waals surface area contributed by atoms with Crippen LogP contribution in [0.1, 0.15) is 34.3 Å². The number of hydrogen-bond acceptors (Lipinski definition) is 5. The van der Waals surface area contributed by atoms with Gasteiger partial charge in [0, 0.05) is 5.92 Å². The van der Waals surface area contributed by atoms with Gasteiger partial charge in [0.2, 0.25) is 0 Å². The number of carbonyl (C=O) groups excluding carboxylic acids is 2. The Labute approximate surface area is 189 Å². The molecule has 3 aromatic rings. The van der Waals surface area contributed by atoms with E-state index in [1.165, 1.54) is 19.1 Å². The highest BCUT2D eigenvalue weighted by molar-refractivity contribution is 6.40. The lowest BCUT2D eigenvalue weighted by atomic mass is 9.98. The SMILES string of the molecule is C[C@H](N)C(=O)Oc1ccc(Cl)c(C(=O)OCC2c3ccccc3-c3ccccc32)c1Cl. The molecule has 0 bridgehead atoms. The molecule has 0 fully saturated rings. The summed E-state index contributed by atoms with van der Waals surface area (Å²) in [6, 6.07) is 18.1. The molecule has 2 N–H and O–H groups in total. The fourth-order valence-corrected chi connectivity index (χ4v) is 4.23. The van der Waals surface area contributed by atoms with Crippen molar-refractivity contribution in [2.75, 3.05) is 6.61 Å². The Morgan fingerprint density at radius 2 is 1.55 bits per heavy atom. The van der Waals surface area contributed by atoms with E-state index in [-0.39, 0.29) is 33.9 Å². The molecule has 0 unspecified atom stereocenters. The van der Waals surface area contributed by atoms with Crippen LogP contribution in [0.25, 0.3) is 11.1 Å². The predicted octanol–water partition coefficient (Wildman–Crippen LogP) is 5.22. The molecule has 1 aliphatic carbocycles. The highest BCUT2D eigenvalue weighted by atomic mass is 35.5. The maximum Gasteiger partial charge on any atom is 0.341 e. The van der Waals surface area contributed by atoms with E-state index < -0.39 is 18.0 Å². The molecule has 5 nitrogen and oxygen atoms in total. The van der Waals surface area contributed by atoms with Gasteiger partial charge in [-0.25, -0.2) is 9.59 Å². The number of fused-ring (bicyclic) bond motifs is 3. The number of carbonyl (C=O) groups is 2. The number of halogens is 2. The van der Waals surface area contributed by atoms with Crippen LogP contribution in [0.15, 0.2) is 60.7 Å². The van der Waals surface area contributed by atoms with Gasteiger partial charge in [0.25, 0.3) is 0 Å². The second kappa shape index (κ2) is 8.71. The molecule has 158 valence electrons. The van der Waals surface area contributed by atoms with Gasteiger partial charge in [-0.15, -0.1) is 0 Å². The van der Waals surface area contributed by atoms with Crippen molar-refractivity contribution < 1.29 is 19.1 Å². The minimum Gasteiger partial charge on any atom is -0.461 e. The van der Waals surface area contributed by atoms with Gasteiger partial charge in [-0.3, -0.25) is 0 Å². The highest BCUT2D eigenvalue weighted by Crippen LogP contribution is 2.44. The lowest BCUT2D eigenvalue weighted by Gasteiger charge is -2.16. The molecular formula is C24H19Cl2NO4. The zero-order valence-corrected chi connectivity index (χ0v) is 18.1. The molecule has 3 aromatic carbocycles. The van der Waals surface area contributed by atoms with Crippen molar-refractivity contribution in [3.8, 4) is 16.9 Å². The molecule has 4 rings (SSSR count). The van der Waals surface area contributed by atoms with Crippen LogP contribution in [0.2, 0.25) is 10.0 Å². The Balaban J connectivity index is 1.58. The van der Waals surface area contributed by atoms with Crippen molar-refractivity contribution >= 4 is 35.1 Å². The van der Waals surface area contributed by atoms with E-state index in [2.05, 4.69) is 12.1 Å². The highest BCUT2D eigenvalue weighted by Gasteiger charge is 2.30. The van der Waals surface area contributed by atoms with Crippen LogP contribution in [-0.2, 0) is 9.53 Å². The van der Waals surface area contributed by atoms with Crippen molar-refractivity contribution in [1.82, 2.24) is 0 Å². The molecular weight excluding hydrogens is 437 g/mol. The van der Waals surface area contributed by atoms with E-state index in [1.807, 2.05) is 36.4 Å². The van der Waals surface area contributed by atoms with Crippen molar-refractivity contribution in [2.24, 2.45) is 5.73 Å². The maximum atomic E-state index is 12.9. The van der Waals surface area contributed by atoms with Gasteiger partial charge in [-0.05, 0) is 41.3 Å². The van der Waals surface area contributed by atoms with E-state index in [0.29, 0.717) is 0 Å². The van der Waals surface area contributed by atoms with Gasteiger partial charge in [-0.1, -0.05) is 71.7 Å². The van der Waals surface area contributed by atoms with Crippen LogP contribution in [-0.4, -0.2) is 24.6 Å². The first-order valence-electron chi connectivity index (χ1n) is 9.69. The predicted molar refractivity (Wildman–Crippen MR) is 120 cm³/mol. The second-order valence-corrected chi connectivity index (χ2v) is 8.05. The molecule has 31 heavy (non-hydrogen) atoms. The van der Waals surface area contributed by atoms with Crippen LogP contribution in [0.5, 0.6) is 5.75 Å². The van der Waals surface area contributed by atoms with E-state index >= 15 is 0 Å². The fraction of sp³-hybridized carbons (Fsp3) is 0.167. The fourth-order valence-electron chi connectivity index (χ4n) is 3.67. The Morgan fingerprint density at radius 1 is 0.968 bits per heavy atom. The first-order chi connectivity index (χ1) is 14.9. The molecule has 0 aliphatic heterocycles. The quantitative estimate of drug-likeness (QED) is 0.421. The molecule has 0 radical (unpaired) electrons. The van der Waals surface area contributed by atoms with Crippen molar-refractivity contribution in [3.63, 3.8) is 0 Å². The Bertz CT molecular complexity index is 1130. The maximum absolute atomic E-state index is 12.9. The zero-order chi connectivity index (χ0) is 22.1. The average molecular weight is 456 g/mol. The van der Waals surface area contributed by atoms with E-state index in [4.69, 9.17) is 38.4 Å². The van der Waals surface area contributed by atoms with Crippen molar-refractivity contribution in [1.29, 1.82) is 0 Å². The van der Waals surface area contributed by atoms with Crippen molar-refractivity contribution in [2.45, 2.75) is 18.9 Å². The molecule has 0 amide bonds. The van der Waals surface area contributed by atoms with Crippen LogP contribution >= 0.6 is 23.2 Å². The number of rotatable bonds is 5. The molecule has 0 saturated heterocycles. The summed E-state index contributed by atoms with van der Waals surface area (Å²) in [7, 11) is 0. The monoisotopic (exact) mass is 455 g/mol. The Kier molecular flexibility index (Phi) is 6.01. The number of ether oxygens (including phenoxy) is 2. The Hall–Kier alpha value is -2.86. The first kappa shape index (κ1) is 21.4. The molecule has 0 spiro atoms. The van der Waals surface area contributed by atoms with Gasteiger partial charge in [0.05, 0.1) is 10.0 Å². The molecule has 1 aliphatic rings. The number of esters is 2. The summed E-state index contributed by atoms with van der Waals surface area (Å²) in [5, 5.41) is 0.00143. The standard InChI is InChI=1S/C24H19Cl2NO4/c1-13(27)23(28)31-20-11-10-19(25)21(22(20)26)24(29)30-12-18-16-8-4-2-6-14(16)15-7-3-5-9-17(15)18/h2-11,13,18H,12,27H2,1H3/t13-/m0/s1. The lowest BCUT2D eigenvalue weighted by molar-refractivity contribution is -0.135. The summed E-state index contributed by atoms with van der Waals surface area (Å²) in [4.78, 5) is 24.7. The van der Waals surface area contributed by atoms with Crippen LogP contribution < -0.4 is 10.5 Å². The molecule has 1 atom stereocenters. The van der Waals surface area contributed by atoms with E-state index in [9.17, 15) is 9.59 Å². The minimum atomic E-state index is -0.843. The molecule has 0 aromatic heterocycles. The number of hydrogen-bond donors (Lipinski definition) is 1. The second-order valence-electron chi connectivity index (χ2n) is 7.27. The largest absolute Gasteiger partial charge is 0.461 e. The van der Waals surface area contributed by atoms with Gasteiger partial charge in [0.15, 0.2) is 5.75 Å². The van der Waals surface area contributed by atoms with Gasteiger partial charge < -0.3 is 15.2 Å². The smallest absolute Gasteiger partial charge is 0.341 e. The zero-order valence-electron chi connectivity index (χ0n) is 16.6.